The average Bonchev–Trinajstić information content (AvgIpc) is 3.24. The van der Waals surface area contributed by atoms with Gasteiger partial charge in [0.25, 0.3) is 0 Å². The van der Waals surface area contributed by atoms with Crippen LogP contribution < -0.4 is 10.6 Å². The third-order valence-corrected chi connectivity index (χ3v) is 7.40. The number of benzene rings is 1. The van der Waals surface area contributed by atoms with Crippen LogP contribution in [-0.2, 0) is 16.1 Å². The predicted molar refractivity (Wildman–Crippen MR) is 106 cm³/mol. The van der Waals surface area contributed by atoms with Crippen molar-refractivity contribution in [3.8, 4) is 0 Å². The highest BCUT2D eigenvalue weighted by atomic mass is 33.1. The van der Waals surface area contributed by atoms with Gasteiger partial charge in [0.1, 0.15) is 0 Å². The molecule has 2 aliphatic rings. The molecule has 2 saturated heterocycles. The van der Waals surface area contributed by atoms with Crippen molar-refractivity contribution >= 4 is 45.1 Å². The van der Waals surface area contributed by atoms with E-state index in [4.69, 9.17) is 0 Å². The van der Waals surface area contributed by atoms with E-state index in [-0.39, 0.29) is 30.9 Å². The molecular formula is C18H23N3O3S2. The zero-order valence-electron chi connectivity index (χ0n) is 14.5. The number of imide groups is 1. The lowest BCUT2D eigenvalue weighted by atomic mass is 10.1. The maximum Gasteiger partial charge on any atom is 0.324 e. The van der Waals surface area contributed by atoms with Gasteiger partial charge in [0, 0.05) is 23.1 Å². The Morgan fingerprint density at radius 2 is 2.19 bits per heavy atom. The molecule has 0 saturated carbocycles. The molecule has 1 aromatic rings. The molecule has 0 spiro atoms. The SMILES string of the molecule is O=C(CCCCC1CCSS1)Nc1cccc(CN2C(=O)CNC2=O)c1. The van der Waals surface area contributed by atoms with Gasteiger partial charge in [0.15, 0.2) is 0 Å². The second-order valence-corrected chi connectivity index (χ2v) is 9.25. The maximum atomic E-state index is 12.1. The molecule has 0 aromatic heterocycles. The molecule has 2 heterocycles. The Balaban J connectivity index is 1.43. The van der Waals surface area contributed by atoms with E-state index in [1.807, 2.05) is 45.9 Å². The van der Waals surface area contributed by atoms with E-state index >= 15 is 0 Å². The minimum absolute atomic E-state index is 0.00518. The van der Waals surface area contributed by atoms with E-state index < -0.39 is 0 Å². The average molecular weight is 394 g/mol. The van der Waals surface area contributed by atoms with E-state index in [9.17, 15) is 14.4 Å². The van der Waals surface area contributed by atoms with Crippen LogP contribution >= 0.6 is 21.6 Å². The first-order chi connectivity index (χ1) is 12.6. The van der Waals surface area contributed by atoms with Crippen LogP contribution in [0.4, 0.5) is 10.5 Å². The van der Waals surface area contributed by atoms with Gasteiger partial charge in [-0.05, 0) is 37.0 Å². The second-order valence-electron chi connectivity index (χ2n) is 6.46. The van der Waals surface area contributed by atoms with Gasteiger partial charge in [-0.3, -0.25) is 14.5 Å². The molecule has 26 heavy (non-hydrogen) atoms. The smallest absolute Gasteiger partial charge is 0.324 e. The summed E-state index contributed by atoms with van der Waals surface area (Å²) in [6.07, 6.45) is 4.97. The summed E-state index contributed by atoms with van der Waals surface area (Å²) in [7, 11) is 3.93. The van der Waals surface area contributed by atoms with Crippen LogP contribution in [0.15, 0.2) is 24.3 Å². The van der Waals surface area contributed by atoms with Crippen molar-refractivity contribution in [2.75, 3.05) is 17.6 Å². The molecule has 4 amide bonds. The number of nitrogens with zero attached hydrogens (tertiary/aromatic N) is 1. The van der Waals surface area contributed by atoms with Crippen LogP contribution in [0, 0.1) is 0 Å². The Hall–Kier alpha value is -1.67. The number of unbranched alkanes of at least 4 members (excludes halogenated alkanes) is 1. The van der Waals surface area contributed by atoms with Crippen LogP contribution in [0.3, 0.4) is 0 Å². The highest BCUT2D eigenvalue weighted by molar-refractivity contribution is 8.77. The van der Waals surface area contributed by atoms with Gasteiger partial charge < -0.3 is 10.6 Å². The van der Waals surface area contributed by atoms with Crippen molar-refractivity contribution in [3.05, 3.63) is 29.8 Å². The van der Waals surface area contributed by atoms with Crippen molar-refractivity contribution in [1.82, 2.24) is 10.2 Å². The molecule has 1 unspecified atom stereocenters. The molecule has 140 valence electrons. The molecule has 0 bridgehead atoms. The Labute approximate surface area is 161 Å². The van der Waals surface area contributed by atoms with Gasteiger partial charge in [-0.15, -0.1) is 0 Å². The summed E-state index contributed by atoms with van der Waals surface area (Å²) in [5, 5.41) is 6.16. The number of anilines is 1. The third-order valence-electron chi connectivity index (χ3n) is 4.40. The molecule has 6 nitrogen and oxygen atoms in total. The van der Waals surface area contributed by atoms with Crippen LogP contribution in [0.5, 0.6) is 0 Å². The Bertz CT molecular complexity index is 661. The molecule has 0 aliphatic carbocycles. The first-order valence-electron chi connectivity index (χ1n) is 8.87. The molecular weight excluding hydrogens is 370 g/mol. The number of carbonyl (C=O) groups is 3. The van der Waals surface area contributed by atoms with Crippen LogP contribution in [-0.4, -0.2) is 40.3 Å². The zero-order valence-corrected chi connectivity index (χ0v) is 16.2. The Morgan fingerprint density at radius 3 is 2.92 bits per heavy atom. The normalized spacial score (nSPS) is 19.7. The molecule has 1 atom stereocenters. The number of hydrogen-bond acceptors (Lipinski definition) is 5. The maximum absolute atomic E-state index is 12.1. The predicted octanol–water partition coefficient (Wildman–Crippen LogP) is 3.39. The fourth-order valence-electron chi connectivity index (χ4n) is 2.99. The minimum Gasteiger partial charge on any atom is -0.329 e. The number of rotatable bonds is 8. The molecule has 2 fully saturated rings. The molecule has 1 aromatic carbocycles. The fourth-order valence-corrected chi connectivity index (χ4v) is 6.02. The van der Waals surface area contributed by atoms with E-state index in [1.54, 1.807) is 0 Å². The lowest BCUT2D eigenvalue weighted by Crippen LogP contribution is -2.30. The number of amides is 4. The summed E-state index contributed by atoms with van der Waals surface area (Å²) >= 11 is 0. The van der Waals surface area contributed by atoms with Crippen molar-refractivity contribution in [2.45, 2.75) is 43.9 Å². The summed E-state index contributed by atoms with van der Waals surface area (Å²) in [6, 6.07) is 6.91. The van der Waals surface area contributed by atoms with Crippen LogP contribution in [0.1, 0.15) is 37.7 Å². The number of urea groups is 1. The summed E-state index contributed by atoms with van der Waals surface area (Å²) < 4.78 is 0. The van der Waals surface area contributed by atoms with Gasteiger partial charge in [0.2, 0.25) is 11.8 Å². The highest BCUT2D eigenvalue weighted by Crippen LogP contribution is 2.39. The summed E-state index contributed by atoms with van der Waals surface area (Å²) in [4.78, 5) is 36.6. The first-order valence-corrected chi connectivity index (χ1v) is 11.3. The topological polar surface area (TPSA) is 78.5 Å². The molecule has 3 rings (SSSR count). The van der Waals surface area contributed by atoms with E-state index in [1.165, 1.54) is 23.5 Å². The largest absolute Gasteiger partial charge is 0.329 e. The molecule has 0 radical (unpaired) electrons. The minimum atomic E-state index is -0.372. The monoisotopic (exact) mass is 393 g/mol. The second kappa shape index (κ2) is 9.32. The Morgan fingerprint density at radius 1 is 1.31 bits per heavy atom. The molecule has 2 aliphatic heterocycles. The summed E-state index contributed by atoms with van der Waals surface area (Å²) in [5.74, 6) is 1.02. The van der Waals surface area contributed by atoms with Crippen molar-refractivity contribution in [3.63, 3.8) is 0 Å². The quantitative estimate of drug-likeness (QED) is 0.402. The molecule has 8 heteroatoms. The lowest BCUT2D eigenvalue weighted by molar-refractivity contribution is -0.125. The summed E-state index contributed by atoms with van der Waals surface area (Å²) in [5.41, 5.74) is 1.51. The van der Waals surface area contributed by atoms with E-state index in [2.05, 4.69) is 10.6 Å². The van der Waals surface area contributed by atoms with E-state index in [0.717, 1.165) is 23.7 Å². The standard InChI is InChI=1S/C18H23N3O3S2/c22-16(7-2-1-6-15-8-9-25-26-15)20-14-5-3-4-13(10-14)12-21-17(23)11-19-18(21)24/h3-5,10,15H,1-2,6-9,11-12H2,(H,19,24)(H,20,22). The van der Waals surface area contributed by atoms with Crippen molar-refractivity contribution in [1.29, 1.82) is 0 Å². The van der Waals surface area contributed by atoms with Gasteiger partial charge >= 0.3 is 6.03 Å². The summed E-state index contributed by atoms with van der Waals surface area (Å²) in [6.45, 7) is 0.263. The zero-order chi connectivity index (χ0) is 18.4. The van der Waals surface area contributed by atoms with Gasteiger partial charge in [-0.25, -0.2) is 4.79 Å². The van der Waals surface area contributed by atoms with Gasteiger partial charge in [-0.2, -0.15) is 0 Å². The van der Waals surface area contributed by atoms with Crippen LogP contribution in [0.2, 0.25) is 0 Å². The number of carbonyl (C=O) groups excluding carboxylic acids is 3. The van der Waals surface area contributed by atoms with Crippen molar-refractivity contribution in [2.24, 2.45) is 0 Å². The first kappa shape index (κ1) is 19.1. The number of nitrogens with one attached hydrogen (secondary N) is 2. The van der Waals surface area contributed by atoms with E-state index in [0.29, 0.717) is 12.1 Å². The Kier molecular flexibility index (Phi) is 6.85. The third kappa shape index (κ3) is 5.41. The van der Waals surface area contributed by atoms with Crippen molar-refractivity contribution < 1.29 is 14.4 Å². The lowest BCUT2D eigenvalue weighted by Gasteiger charge is -2.13. The van der Waals surface area contributed by atoms with Gasteiger partial charge in [-0.1, -0.05) is 40.1 Å². The molecule has 2 N–H and O–H groups in total. The fraction of sp³-hybridized carbons (Fsp3) is 0.500. The van der Waals surface area contributed by atoms with Crippen LogP contribution in [0.25, 0.3) is 0 Å². The number of hydrogen-bond donors (Lipinski definition) is 2. The van der Waals surface area contributed by atoms with Gasteiger partial charge in [0.05, 0.1) is 13.1 Å². The highest BCUT2D eigenvalue weighted by Gasteiger charge is 2.28.